The lowest BCUT2D eigenvalue weighted by atomic mass is 10.2. The summed E-state index contributed by atoms with van der Waals surface area (Å²) in [4.78, 5) is 0. The third-order valence-electron chi connectivity index (χ3n) is 2.38. The quantitative estimate of drug-likeness (QED) is 0.596. The summed E-state index contributed by atoms with van der Waals surface area (Å²) in [6.45, 7) is 0. The van der Waals surface area contributed by atoms with Gasteiger partial charge in [0.1, 0.15) is 0 Å². The molecule has 0 radical (unpaired) electrons. The molecule has 0 bridgehead atoms. The van der Waals surface area contributed by atoms with Crippen LogP contribution in [-0.4, -0.2) is 14.8 Å². The highest BCUT2D eigenvalue weighted by Gasteiger charge is 2.04. The Balaban J connectivity index is 2.17. The summed E-state index contributed by atoms with van der Waals surface area (Å²) in [6.07, 6.45) is 5.80. The Morgan fingerprint density at radius 3 is 2.73 bits per heavy atom. The molecule has 3 heteroatoms. The van der Waals surface area contributed by atoms with Crippen LogP contribution in [0.15, 0.2) is 55.0 Å². The van der Waals surface area contributed by atoms with E-state index >= 15 is 0 Å². The van der Waals surface area contributed by atoms with Crippen LogP contribution in [0.3, 0.4) is 0 Å². The van der Waals surface area contributed by atoms with E-state index in [1.165, 1.54) is 0 Å². The van der Waals surface area contributed by atoms with Gasteiger partial charge in [0.05, 0.1) is 11.9 Å². The number of para-hydroxylation sites is 1. The zero-order chi connectivity index (χ0) is 10.1. The second kappa shape index (κ2) is 3.20. The number of pyridine rings is 1. The van der Waals surface area contributed by atoms with Gasteiger partial charge >= 0.3 is 0 Å². The number of benzene rings is 1. The van der Waals surface area contributed by atoms with Crippen molar-refractivity contribution >= 4 is 0 Å². The van der Waals surface area contributed by atoms with Crippen LogP contribution in [-0.2, 0) is 0 Å². The van der Waals surface area contributed by atoms with Gasteiger partial charge < -0.3 is 4.57 Å². The zero-order valence-corrected chi connectivity index (χ0v) is 8.04. The minimum Gasteiger partial charge on any atom is -0.323 e. The van der Waals surface area contributed by atoms with Gasteiger partial charge in [0.15, 0.2) is 0 Å². The lowest BCUT2D eigenvalue weighted by molar-refractivity contribution is 1.04. The molecule has 2 heterocycles. The fourth-order valence-corrected chi connectivity index (χ4v) is 1.61. The molecule has 0 fully saturated rings. The number of aromatic nitrogens is 3. The molecule has 0 saturated carbocycles. The van der Waals surface area contributed by atoms with Gasteiger partial charge in [-0.05, 0) is 18.2 Å². The van der Waals surface area contributed by atoms with Gasteiger partial charge in [0.25, 0.3) is 0 Å². The third kappa shape index (κ3) is 1.38. The van der Waals surface area contributed by atoms with E-state index in [1.807, 2.05) is 36.7 Å². The summed E-state index contributed by atoms with van der Waals surface area (Å²) in [5.41, 5.74) is 3.13. The van der Waals surface area contributed by atoms with E-state index in [0.29, 0.717) is 0 Å². The average Bonchev–Trinajstić information content (AvgIpc) is 2.77. The summed E-state index contributed by atoms with van der Waals surface area (Å²) in [7, 11) is 0. The van der Waals surface area contributed by atoms with Crippen molar-refractivity contribution in [3.05, 3.63) is 55.0 Å². The Labute approximate surface area is 87.4 Å². The minimum atomic E-state index is 0.933. The fourth-order valence-electron chi connectivity index (χ4n) is 1.61. The van der Waals surface area contributed by atoms with Crippen LogP contribution in [0.25, 0.3) is 16.9 Å². The van der Waals surface area contributed by atoms with Crippen LogP contribution < -0.4 is 0 Å². The first-order valence-electron chi connectivity index (χ1n) is 4.78. The van der Waals surface area contributed by atoms with Crippen molar-refractivity contribution in [1.82, 2.24) is 14.8 Å². The van der Waals surface area contributed by atoms with Crippen molar-refractivity contribution in [3.63, 3.8) is 0 Å². The van der Waals surface area contributed by atoms with Crippen LogP contribution in [0.2, 0.25) is 0 Å². The molecule has 3 rings (SSSR count). The highest BCUT2D eigenvalue weighted by atomic mass is 15.1. The van der Waals surface area contributed by atoms with E-state index in [2.05, 4.69) is 26.9 Å². The SMILES string of the molecule is c1ccc(-n2ccc3nncc-3c2)cc1. The van der Waals surface area contributed by atoms with Crippen molar-refractivity contribution in [1.29, 1.82) is 0 Å². The van der Waals surface area contributed by atoms with Crippen molar-refractivity contribution < 1.29 is 0 Å². The molecule has 0 aliphatic carbocycles. The number of hydrogen-bond donors (Lipinski definition) is 0. The normalized spacial score (nSPS) is 10.7. The Morgan fingerprint density at radius 2 is 1.87 bits per heavy atom. The monoisotopic (exact) mass is 195 g/mol. The van der Waals surface area contributed by atoms with Gasteiger partial charge in [-0.1, -0.05) is 18.2 Å². The summed E-state index contributed by atoms with van der Waals surface area (Å²) < 4.78 is 2.06. The first-order chi connectivity index (χ1) is 7.43. The van der Waals surface area contributed by atoms with E-state index < -0.39 is 0 Å². The summed E-state index contributed by atoms with van der Waals surface area (Å²) in [5.74, 6) is 0. The largest absolute Gasteiger partial charge is 0.323 e. The van der Waals surface area contributed by atoms with Crippen molar-refractivity contribution in [2.24, 2.45) is 0 Å². The molecule has 72 valence electrons. The molecule has 1 aromatic rings. The molecule has 2 aliphatic heterocycles. The minimum absolute atomic E-state index is 0.933. The van der Waals surface area contributed by atoms with Crippen LogP contribution in [0, 0.1) is 0 Å². The molecule has 0 aromatic heterocycles. The van der Waals surface area contributed by atoms with Gasteiger partial charge in [-0.3, -0.25) is 0 Å². The Morgan fingerprint density at radius 1 is 1.00 bits per heavy atom. The first-order valence-corrected chi connectivity index (χ1v) is 4.78. The Kier molecular flexibility index (Phi) is 1.75. The highest BCUT2D eigenvalue weighted by molar-refractivity contribution is 5.58. The van der Waals surface area contributed by atoms with E-state index in [1.54, 1.807) is 6.20 Å². The molecule has 15 heavy (non-hydrogen) atoms. The molecule has 0 spiro atoms. The lowest BCUT2D eigenvalue weighted by Gasteiger charge is -2.07. The highest BCUT2D eigenvalue weighted by Crippen LogP contribution is 2.19. The second-order valence-electron chi connectivity index (χ2n) is 3.37. The molecule has 2 aliphatic rings. The molecule has 0 atom stereocenters. The standard InChI is InChI=1S/C12H9N3/c1-2-4-11(5-3-1)15-7-6-12-10(9-15)8-13-14-12/h1-9H. The smallest absolute Gasteiger partial charge is 0.0974 e. The van der Waals surface area contributed by atoms with Gasteiger partial charge in [-0.2, -0.15) is 10.2 Å². The number of fused-ring (bicyclic) bond motifs is 1. The molecular formula is C12H9N3. The van der Waals surface area contributed by atoms with Crippen molar-refractivity contribution in [3.8, 4) is 16.9 Å². The molecule has 0 unspecified atom stereocenters. The average molecular weight is 195 g/mol. The van der Waals surface area contributed by atoms with E-state index in [4.69, 9.17) is 0 Å². The Hall–Kier alpha value is -2.16. The van der Waals surface area contributed by atoms with E-state index in [0.717, 1.165) is 16.9 Å². The van der Waals surface area contributed by atoms with Crippen LogP contribution >= 0.6 is 0 Å². The summed E-state index contributed by atoms with van der Waals surface area (Å²) in [5, 5.41) is 7.86. The predicted molar refractivity (Wildman–Crippen MR) is 58.0 cm³/mol. The fraction of sp³-hybridized carbons (Fsp3) is 0. The zero-order valence-electron chi connectivity index (χ0n) is 8.04. The topological polar surface area (TPSA) is 30.7 Å². The molecule has 0 N–H and O–H groups in total. The third-order valence-corrected chi connectivity index (χ3v) is 2.38. The maximum Gasteiger partial charge on any atom is 0.0974 e. The van der Waals surface area contributed by atoms with Gasteiger partial charge in [-0.15, -0.1) is 0 Å². The summed E-state index contributed by atoms with van der Waals surface area (Å²) in [6, 6.07) is 12.1. The Bertz CT molecular complexity index is 542. The van der Waals surface area contributed by atoms with Crippen LogP contribution in [0.1, 0.15) is 0 Å². The summed E-state index contributed by atoms with van der Waals surface area (Å²) >= 11 is 0. The molecule has 1 aromatic carbocycles. The van der Waals surface area contributed by atoms with E-state index in [-0.39, 0.29) is 0 Å². The van der Waals surface area contributed by atoms with Crippen LogP contribution in [0.4, 0.5) is 0 Å². The van der Waals surface area contributed by atoms with Crippen LogP contribution in [0.5, 0.6) is 0 Å². The lowest BCUT2D eigenvalue weighted by Crippen LogP contribution is -1.94. The molecular weight excluding hydrogens is 186 g/mol. The second-order valence-corrected chi connectivity index (χ2v) is 3.37. The molecule has 0 amide bonds. The van der Waals surface area contributed by atoms with Crippen molar-refractivity contribution in [2.45, 2.75) is 0 Å². The molecule has 3 nitrogen and oxygen atoms in total. The predicted octanol–water partition coefficient (Wildman–Crippen LogP) is 2.37. The number of rotatable bonds is 1. The maximum atomic E-state index is 3.99. The van der Waals surface area contributed by atoms with Gasteiger partial charge in [-0.25, -0.2) is 0 Å². The number of nitrogens with zero attached hydrogens (tertiary/aromatic N) is 3. The van der Waals surface area contributed by atoms with Gasteiger partial charge in [0.2, 0.25) is 0 Å². The van der Waals surface area contributed by atoms with Crippen molar-refractivity contribution in [2.75, 3.05) is 0 Å². The number of hydrogen-bond acceptors (Lipinski definition) is 2. The van der Waals surface area contributed by atoms with E-state index in [9.17, 15) is 0 Å². The molecule has 0 saturated heterocycles. The van der Waals surface area contributed by atoms with Gasteiger partial charge in [0, 0.05) is 23.6 Å². The first kappa shape index (κ1) is 8.17. The maximum absolute atomic E-state index is 3.99.